The summed E-state index contributed by atoms with van der Waals surface area (Å²) in [6.07, 6.45) is 7.80. The van der Waals surface area contributed by atoms with Crippen molar-refractivity contribution in [1.29, 1.82) is 0 Å². The molecule has 1 amide bonds. The van der Waals surface area contributed by atoms with Crippen LogP contribution in [0.5, 0.6) is 0 Å². The molecule has 0 radical (unpaired) electrons. The van der Waals surface area contributed by atoms with Crippen LogP contribution in [0.25, 0.3) is 5.78 Å². The fourth-order valence-corrected chi connectivity index (χ4v) is 2.91. The summed E-state index contributed by atoms with van der Waals surface area (Å²) < 4.78 is 1.56. The molecule has 1 aliphatic heterocycles. The van der Waals surface area contributed by atoms with Gasteiger partial charge in [-0.15, -0.1) is 5.10 Å². The van der Waals surface area contributed by atoms with Crippen LogP contribution in [0.1, 0.15) is 24.2 Å². The molecule has 0 spiro atoms. The van der Waals surface area contributed by atoms with E-state index in [0.29, 0.717) is 18.1 Å². The molecule has 1 N–H and O–H groups in total. The maximum absolute atomic E-state index is 12.1. The van der Waals surface area contributed by atoms with E-state index in [1.165, 1.54) is 12.8 Å². The van der Waals surface area contributed by atoms with Crippen LogP contribution in [-0.2, 0) is 17.8 Å². The number of nitrogens with one attached hydrogen (secondary N) is 1. The van der Waals surface area contributed by atoms with Gasteiger partial charge in [0.05, 0.1) is 6.42 Å². The summed E-state index contributed by atoms with van der Waals surface area (Å²) in [7, 11) is 0. The molecule has 1 fully saturated rings. The summed E-state index contributed by atoms with van der Waals surface area (Å²) in [4.78, 5) is 27.2. The summed E-state index contributed by atoms with van der Waals surface area (Å²) in [6, 6.07) is 5.79. The minimum Gasteiger partial charge on any atom is -0.357 e. The van der Waals surface area contributed by atoms with Gasteiger partial charge in [-0.3, -0.25) is 4.79 Å². The van der Waals surface area contributed by atoms with Gasteiger partial charge in [0.1, 0.15) is 5.82 Å². The van der Waals surface area contributed by atoms with Crippen molar-refractivity contribution in [2.24, 2.45) is 0 Å². The first-order chi connectivity index (χ1) is 12.3. The van der Waals surface area contributed by atoms with Crippen molar-refractivity contribution in [3.63, 3.8) is 0 Å². The molecule has 8 heteroatoms. The number of aromatic nitrogens is 5. The van der Waals surface area contributed by atoms with E-state index in [-0.39, 0.29) is 12.3 Å². The predicted molar refractivity (Wildman–Crippen MR) is 92.0 cm³/mol. The van der Waals surface area contributed by atoms with Crippen molar-refractivity contribution in [3.8, 4) is 0 Å². The topological polar surface area (TPSA) is 88.3 Å². The molecule has 25 heavy (non-hydrogen) atoms. The van der Waals surface area contributed by atoms with E-state index in [9.17, 15) is 4.79 Å². The normalized spacial score (nSPS) is 14.2. The molecule has 4 heterocycles. The minimum absolute atomic E-state index is 0.125. The van der Waals surface area contributed by atoms with E-state index in [0.717, 1.165) is 24.5 Å². The van der Waals surface area contributed by atoms with Gasteiger partial charge >= 0.3 is 0 Å². The summed E-state index contributed by atoms with van der Waals surface area (Å²) in [5.74, 6) is 1.83. The number of hydrogen-bond donors (Lipinski definition) is 1. The second kappa shape index (κ2) is 6.84. The number of fused-ring (bicyclic) bond motifs is 1. The molecule has 128 valence electrons. The van der Waals surface area contributed by atoms with Crippen LogP contribution in [-0.4, -0.2) is 43.6 Å². The SMILES string of the molecule is O=C(Cc1nc2ncccn2n1)NCc1ccc(N2CCCC2)nc1. The van der Waals surface area contributed by atoms with Crippen LogP contribution in [0.15, 0.2) is 36.8 Å². The van der Waals surface area contributed by atoms with Crippen molar-refractivity contribution in [2.45, 2.75) is 25.8 Å². The highest BCUT2D eigenvalue weighted by Gasteiger charge is 2.13. The van der Waals surface area contributed by atoms with Crippen LogP contribution >= 0.6 is 0 Å². The Bertz CT molecular complexity index is 835. The van der Waals surface area contributed by atoms with Gasteiger partial charge in [0.2, 0.25) is 5.91 Å². The first-order valence-corrected chi connectivity index (χ1v) is 8.41. The molecule has 0 aliphatic carbocycles. The van der Waals surface area contributed by atoms with Gasteiger partial charge in [0, 0.05) is 38.2 Å². The molecular formula is C17H19N7O. The van der Waals surface area contributed by atoms with Gasteiger partial charge in [0.15, 0.2) is 5.82 Å². The van der Waals surface area contributed by atoms with Crippen LogP contribution in [0.2, 0.25) is 0 Å². The van der Waals surface area contributed by atoms with Crippen LogP contribution in [0.3, 0.4) is 0 Å². The smallest absolute Gasteiger partial charge is 0.252 e. The molecular weight excluding hydrogens is 318 g/mol. The minimum atomic E-state index is -0.125. The first-order valence-electron chi connectivity index (χ1n) is 8.41. The number of pyridine rings is 1. The van der Waals surface area contributed by atoms with Crippen LogP contribution in [0.4, 0.5) is 5.82 Å². The number of carbonyl (C=O) groups is 1. The van der Waals surface area contributed by atoms with Gasteiger partial charge in [-0.25, -0.2) is 14.5 Å². The van der Waals surface area contributed by atoms with Crippen molar-refractivity contribution < 1.29 is 4.79 Å². The lowest BCUT2D eigenvalue weighted by atomic mass is 10.2. The molecule has 0 atom stereocenters. The first kappa shape index (κ1) is 15.5. The number of nitrogens with zero attached hydrogens (tertiary/aromatic N) is 6. The molecule has 3 aromatic heterocycles. The quantitative estimate of drug-likeness (QED) is 0.747. The Morgan fingerprint density at radius 3 is 2.84 bits per heavy atom. The number of anilines is 1. The second-order valence-electron chi connectivity index (χ2n) is 6.06. The highest BCUT2D eigenvalue weighted by molar-refractivity contribution is 5.77. The summed E-state index contributed by atoms with van der Waals surface area (Å²) >= 11 is 0. The number of amides is 1. The summed E-state index contributed by atoms with van der Waals surface area (Å²) in [6.45, 7) is 2.59. The lowest BCUT2D eigenvalue weighted by Crippen LogP contribution is -2.25. The molecule has 4 rings (SSSR count). The number of rotatable bonds is 5. The monoisotopic (exact) mass is 337 g/mol. The van der Waals surface area contributed by atoms with Crippen LogP contribution in [0, 0.1) is 0 Å². The fourth-order valence-electron chi connectivity index (χ4n) is 2.91. The van der Waals surface area contributed by atoms with Gasteiger partial charge in [-0.1, -0.05) is 6.07 Å². The van der Waals surface area contributed by atoms with Gasteiger partial charge in [0.25, 0.3) is 5.78 Å². The van der Waals surface area contributed by atoms with E-state index < -0.39 is 0 Å². The van der Waals surface area contributed by atoms with Gasteiger partial charge < -0.3 is 10.2 Å². The second-order valence-corrected chi connectivity index (χ2v) is 6.06. The van der Waals surface area contributed by atoms with E-state index in [1.807, 2.05) is 18.3 Å². The molecule has 0 unspecified atom stereocenters. The lowest BCUT2D eigenvalue weighted by molar-refractivity contribution is -0.120. The highest BCUT2D eigenvalue weighted by Crippen LogP contribution is 2.17. The standard InChI is InChI=1S/C17H19N7O/c25-16(10-14-21-17-18-6-3-9-24(17)22-14)20-12-13-4-5-15(19-11-13)23-7-1-2-8-23/h3-6,9,11H,1-2,7-8,10,12H2,(H,20,25). The largest absolute Gasteiger partial charge is 0.357 e. The van der Waals surface area contributed by atoms with E-state index in [2.05, 4.69) is 30.3 Å². The predicted octanol–water partition coefficient (Wildman–Crippen LogP) is 0.978. The number of hydrogen-bond acceptors (Lipinski definition) is 6. The molecule has 1 aliphatic rings. The number of carbonyl (C=O) groups excluding carboxylic acids is 1. The highest BCUT2D eigenvalue weighted by atomic mass is 16.1. The van der Waals surface area contributed by atoms with Crippen molar-refractivity contribution >= 4 is 17.5 Å². The summed E-state index contributed by atoms with van der Waals surface area (Å²) in [5, 5.41) is 7.11. The van der Waals surface area contributed by atoms with Gasteiger partial charge in [-0.2, -0.15) is 4.98 Å². The summed E-state index contributed by atoms with van der Waals surface area (Å²) in [5.41, 5.74) is 0.973. The third-order valence-electron chi connectivity index (χ3n) is 4.21. The van der Waals surface area contributed by atoms with Crippen molar-refractivity contribution in [2.75, 3.05) is 18.0 Å². The molecule has 0 saturated carbocycles. The maximum Gasteiger partial charge on any atom is 0.252 e. The Hall–Kier alpha value is -3.03. The van der Waals surface area contributed by atoms with Crippen LogP contribution < -0.4 is 10.2 Å². The lowest BCUT2D eigenvalue weighted by Gasteiger charge is -2.16. The Morgan fingerprint density at radius 2 is 2.08 bits per heavy atom. The third kappa shape index (κ3) is 3.57. The molecule has 1 saturated heterocycles. The van der Waals surface area contributed by atoms with E-state index in [4.69, 9.17) is 0 Å². The zero-order valence-electron chi connectivity index (χ0n) is 13.8. The zero-order valence-corrected chi connectivity index (χ0v) is 13.8. The zero-order chi connectivity index (χ0) is 17.1. The Labute approximate surface area is 144 Å². The Kier molecular flexibility index (Phi) is 4.24. The Balaban J connectivity index is 1.32. The fraction of sp³-hybridized carbons (Fsp3) is 0.353. The van der Waals surface area contributed by atoms with E-state index in [1.54, 1.807) is 23.0 Å². The molecule has 0 bridgehead atoms. The van der Waals surface area contributed by atoms with Crippen molar-refractivity contribution in [1.82, 2.24) is 29.9 Å². The van der Waals surface area contributed by atoms with E-state index >= 15 is 0 Å². The van der Waals surface area contributed by atoms with Gasteiger partial charge in [-0.05, 0) is 30.5 Å². The molecule has 3 aromatic rings. The third-order valence-corrected chi connectivity index (χ3v) is 4.21. The maximum atomic E-state index is 12.1. The average molecular weight is 337 g/mol. The van der Waals surface area contributed by atoms with Crippen molar-refractivity contribution in [3.05, 3.63) is 48.2 Å². The molecule has 0 aromatic carbocycles. The average Bonchev–Trinajstić information content (AvgIpc) is 3.29. The molecule has 8 nitrogen and oxygen atoms in total. The Morgan fingerprint density at radius 1 is 1.20 bits per heavy atom.